The molecule has 2 aromatic carbocycles. The van der Waals surface area contributed by atoms with Crippen molar-refractivity contribution in [2.24, 2.45) is 0 Å². The Morgan fingerprint density at radius 1 is 0.963 bits per heavy atom. The molecule has 0 bridgehead atoms. The van der Waals surface area contributed by atoms with E-state index in [4.69, 9.17) is 9.16 Å². The van der Waals surface area contributed by atoms with Crippen molar-refractivity contribution in [2.75, 3.05) is 6.61 Å². The van der Waals surface area contributed by atoms with Crippen molar-refractivity contribution in [3.05, 3.63) is 60.7 Å². The van der Waals surface area contributed by atoms with Crippen LogP contribution in [-0.2, 0) is 9.16 Å². The highest BCUT2D eigenvalue weighted by molar-refractivity contribution is 6.99. The molecule has 1 aliphatic heterocycles. The monoisotopic (exact) mass is 390 g/mol. The molecule has 0 unspecified atom stereocenters. The molecule has 0 spiro atoms. The topological polar surface area (TPSA) is 58.9 Å². The van der Waals surface area contributed by atoms with E-state index in [1.54, 1.807) is 0 Å². The van der Waals surface area contributed by atoms with E-state index in [0.717, 1.165) is 10.4 Å². The van der Waals surface area contributed by atoms with Crippen molar-refractivity contribution in [3.8, 4) is 0 Å². The molecule has 1 aliphatic rings. The van der Waals surface area contributed by atoms with E-state index in [-0.39, 0.29) is 11.6 Å². The maximum Gasteiger partial charge on any atom is 0.261 e. The first kappa shape index (κ1) is 20.2. The van der Waals surface area contributed by atoms with Crippen LogP contribution in [0.2, 0.25) is 5.04 Å². The molecule has 1 heterocycles. The molecule has 3 rings (SSSR count). The fourth-order valence-corrected chi connectivity index (χ4v) is 8.38. The van der Waals surface area contributed by atoms with E-state index in [9.17, 15) is 14.6 Å². The van der Waals surface area contributed by atoms with Gasteiger partial charge < -0.3 is 19.4 Å². The summed E-state index contributed by atoms with van der Waals surface area (Å²) in [5.41, 5.74) is 0. The lowest BCUT2D eigenvalue weighted by atomic mass is 10.2. The van der Waals surface area contributed by atoms with Gasteiger partial charge in [-0.1, -0.05) is 81.4 Å². The fourth-order valence-electron chi connectivity index (χ4n) is 3.81. The summed E-state index contributed by atoms with van der Waals surface area (Å²) in [5, 5.41) is 21.6. The Balaban J connectivity index is 2.02. The van der Waals surface area contributed by atoms with Gasteiger partial charge in [-0.3, -0.25) is 0 Å². The van der Waals surface area contributed by atoms with Crippen molar-refractivity contribution in [3.63, 3.8) is 0 Å². The SMILES string of the molecule is CC(C)(C)[Si](OC[C@H]1O[C@@H](O)[C@@H](F)[C@@H]1O)(c1ccccc1)c1ccccc1. The van der Waals surface area contributed by atoms with Gasteiger partial charge >= 0.3 is 0 Å². The van der Waals surface area contributed by atoms with Crippen LogP contribution in [0.1, 0.15) is 20.8 Å². The number of halogens is 1. The average molecular weight is 391 g/mol. The Hall–Kier alpha value is -1.57. The summed E-state index contributed by atoms with van der Waals surface area (Å²) in [7, 11) is -2.79. The summed E-state index contributed by atoms with van der Waals surface area (Å²) in [6.07, 6.45) is -5.75. The van der Waals surface area contributed by atoms with Gasteiger partial charge in [0.1, 0.15) is 12.2 Å². The number of benzene rings is 2. The molecule has 2 N–H and O–H groups in total. The Bertz CT molecular complexity index is 695. The standard InChI is InChI=1S/C21H27FO4Si/c1-21(2,3)27(15-10-6-4-7-11-15,16-12-8-5-9-13-16)25-14-17-19(23)18(22)20(24)26-17/h4-13,17-20,23-24H,14H2,1-3H3/t17-,18+,19-,20-/m1/s1. The van der Waals surface area contributed by atoms with Gasteiger partial charge in [0.25, 0.3) is 8.32 Å². The summed E-state index contributed by atoms with van der Waals surface area (Å²) in [5.74, 6) is 0. The van der Waals surface area contributed by atoms with E-state index in [1.807, 2.05) is 36.4 Å². The molecule has 0 saturated carbocycles. The van der Waals surface area contributed by atoms with E-state index < -0.39 is 33.0 Å². The van der Waals surface area contributed by atoms with E-state index >= 15 is 0 Å². The van der Waals surface area contributed by atoms with Gasteiger partial charge in [0.2, 0.25) is 0 Å². The lowest BCUT2D eigenvalue weighted by molar-refractivity contribution is -0.119. The first-order valence-electron chi connectivity index (χ1n) is 9.18. The minimum absolute atomic E-state index is 0.00588. The smallest absolute Gasteiger partial charge is 0.261 e. The Labute approximate surface area is 160 Å². The summed E-state index contributed by atoms with van der Waals surface area (Å²) >= 11 is 0. The van der Waals surface area contributed by atoms with Crippen LogP contribution in [0.25, 0.3) is 0 Å². The summed E-state index contributed by atoms with van der Waals surface area (Å²) in [4.78, 5) is 0. The highest BCUT2D eigenvalue weighted by atomic mass is 28.4. The Morgan fingerprint density at radius 3 is 1.81 bits per heavy atom. The molecule has 0 radical (unpaired) electrons. The van der Waals surface area contributed by atoms with Crippen LogP contribution >= 0.6 is 0 Å². The van der Waals surface area contributed by atoms with Crippen LogP contribution in [0.15, 0.2) is 60.7 Å². The van der Waals surface area contributed by atoms with Gasteiger partial charge in [-0.25, -0.2) is 4.39 Å². The number of ether oxygens (including phenoxy) is 1. The zero-order chi connectivity index (χ0) is 19.7. The molecule has 6 heteroatoms. The van der Waals surface area contributed by atoms with Crippen LogP contribution in [0.3, 0.4) is 0 Å². The third-order valence-electron chi connectivity index (χ3n) is 5.17. The Kier molecular flexibility index (Phi) is 5.84. The van der Waals surface area contributed by atoms with Crippen molar-refractivity contribution in [1.82, 2.24) is 0 Å². The van der Waals surface area contributed by atoms with Gasteiger partial charge in [0.05, 0.1) is 6.61 Å². The first-order chi connectivity index (χ1) is 12.8. The lowest BCUT2D eigenvalue weighted by Gasteiger charge is -2.43. The van der Waals surface area contributed by atoms with Crippen molar-refractivity contribution in [1.29, 1.82) is 0 Å². The summed E-state index contributed by atoms with van der Waals surface area (Å²) < 4.78 is 25.6. The minimum Gasteiger partial charge on any atom is -0.405 e. The normalized spacial score (nSPS) is 26.3. The molecule has 1 saturated heterocycles. The largest absolute Gasteiger partial charge is 0.405 e. The zero-order valence-corrected chi connectivity index (χ0v) is 16.9. The Morgan fingerprint density at radius 2 is 1.44 bits per heavy atom. The number of aliphatic hydroxyl groups is 2. The molecule has 146 valence electrons. The second kappa shape index (κ2) is 7.81. The molecular formula is C21H27FO4Si. The lowest BCUT2D eigenvalue weighted by Crippen LogP contribution is -2.67. The van der Waals surface area contributed by atoms with Gasteiger partial charge in [-0.15, -0.1) is 0 Å². The second-order valence-corrected chi connectivity index (χ2v) is 12.3. The van der Waals surface area contributed by atoms with Crippen LogP contribution in [0.5, 0.6) is 0 Å². The summed E-state index contributed by atoms with van der Waals surface area (Å²) in [6.45, 7) is 6.42. The highest BCUT2D eigenvalue weighted by Gasteiger charge is 2.52. The van der Waals surface area contributed by atoms with E-state index in [1.165, 1.54) is 0 Å². The van der Waals surface area contributed by atoms with Crippen LogP contribution in [0, 0.1) is 0 Å². The predicted octanol–water partition coefficient (Wildman–Crippen LogP) is 1.98. The van der Waals surface area contributed by atoms with Gasteiger partial charge in [-0.05, 0) is 15.4 Å². The number of rotatable bonds is 5. The molecule has 0 amide bonds. The van der Waals surface area contributed by atoms with Crippen molar-refractivity contribution in [2.45, 2.75) is 50.5 Å². The molecule has 4 nitrogen and oxygen atoms in total. The predicted molar refractivity (Wildman–Crippen MR) is 105 cm³/mol. The summed E-state index contributed by atoms with van der Waals surface area (Å²) in [6, 6.07) is 20.1. The van der Waals surface area contributed by atoms with Gasteiger partial charge in [0.15, 0.2) is 12.5 Å². The molecule has 2 aromatic rings. The molecule has 27 heavy (non-hydrogen) atoms. The second-order valence-electron chi connectivity index (χ2n) is 7.97. The first-order valence-corrected chi connectivity index (χ1v) is 11.1. The quantitative estimate of drug-likeness (QED) is 0.767. The molecule has 1 fully saturated rings. The fraction of sp³-hybridized carbons (Fsp3) is 0.429. The number of hydrogen-bond donors (Lipinski definition) is 2. The third kappa shape index (κ3) is 3.73. The van der Waals surface area contributed by atoms with Crippen molar-refractivity contribution >= 4 is 18.7 Å². The molecule has 0 aromatic heterocycles. The van der Waals surface area contributed by atoms with E-state index in [0.29, 0.717) is 0 Å². The highest BCUT2D eigenvalue weighted by Crippen LogP contribution is 2.37. The van der Waals surface area contributed by atoms with Crippen LogP contribution < -0.4 is 10.4 Å². The van der Waals surface area contributed by atoms with E-state index in [2.05, 4.69) is 45.0 Å². The number of aliphatic hydroxyl groups excluding tert-OH is 2. The van der Waals surface area contributed by atoms with Gasteiger partial charge in [0, 0.05) is 0 Å². The third-order valence-corrected chi connectivity index (χ3v) is 10.2. The van der Waals surface area contributed by atoms with Crippen LogP contribution in [-0.4, -0.2) is 49.8 Å². The van der Waals surface area contributed by atoms with Gasteiger partial charge in [-0.2, -0.15) is 0 Å². The molecule has 4 atom stereocenters. The zero-order valence-electron chi connectivity index (χ0n) is 15.9. The number of hydrogen-bond acceptors (Lipinski definition) is 4. The maximum atomic E-state index is 13.8. The average Bonchev–Trinajstić information content (AvgIpc) is 2.90. The van der Waals surface area contributed by atoms with Crippen molar-refractivity contribution < 1.29 is 23.8 Å². The number of alkyl halides is 1. The maximum absolute atomic E-state index is 13.8. The molecule has 0 aliphatic carbocycles. The molecular weight excluding hydrogens is 363 g/mol. The van der Waals surface area contributed by atoms with Crippen LogP contribution in [0.4, 0.5) is 4.39 Å². The minimum atomic E-state index is -2.79.